The number of nitrogens with one attached hydrogen (secondary N) is 2. The highest BCUT2D eigenvalue weighted by molar-refractivity contribution is 7.80. The summed E-state index contributed by atoms with van der Waals surface area (Å²) in [4.78, 5) is 29.5. The maximum atomic E-state index is 12.2. The lowest BCUT2D eigenvalue weighted by atomic mass is 10.00. The summed E-state index contributed by atoms with van der Waals surface area (Å²) in [6.07, 6.45) is 2.08. The molecule has 0 spiro atoms. The van der Waals surface area contributed by atoms with Crippen LogP contribution >= 0.6 is 11.3 Å². The number of rotatable bonds is 4. The highest BCUT2D eigenvalue weighted by atomic mass is 32.3. The lowest BCUT2D eigenvalue weighted by Crippen LogP contribution is -2.50. The molecule has 2 aliphatic heterocycles. The van der Waals surface area contributed by atoms with E-state index >= 15 is 0 Å². The normalized spacial score (nSPS) is 23.5. The first-order valence-electron chi connectivity index (χ1n) is 6.81. The van der Waals surface area contributed by atoms with Gasteiger partial charge in [-0.05, 0) is 12.8 Å². The monoisotopic (exact) mass is 375 g/mol. The molecule has 2 aliphatic rings. The number of urea groups is 1. The van der Waals surface area contributed by atoms with Crippen LogP contribution in [0.3, 0.4) is 0 Å². The number of hydrogen-bond acceptors (Lipinski definition) is 8. The Labute approximate surface area is 140 Å². The van der Waals surface area contributed by atoms with Gasteiger partial charge < -0.3 is 10.2 Å². The molecule has 0 aromatic carbocycles. The summed E-state index contributed by atoms with van der Waals surface area (Å²) < 4.78 is 34.7. The van der Waals surface area contributed by atoms with Crippen LogP contribution < -0.4 is 5.32 Å². The fraction of sp³-hybridized carbons (Fsp3) is 0.455. The minimum Gasteiger partial charge on any atom is -0.310 e. The van der Waals surface area contributed by atoms with Gasteiger partial charge in [0.15, 0.2) is 0 Å². The van der Waals surface area contributed by atoms with Gasteiger partial charge in [-0.25, -0.2) is 4.79 Å². The Morgan fingerprint density at radius 3 is 2.88 bits per heavy atom. The van der Waals surface area contributed by atoms with Crippen LogP contribution in [0.25, 0.3) is 0 Å². The quantitative estimate of drug-likeness (QED) is 0.376. The van der Waals surface area contributed by atoms with E-state index in [2.05, 4.69) is 14.6 Å². The molecule has 3 N–H and O–H groups in total. The van der Waals surface area contributed by atoms with E-state index in [1.807, 2.05) is 0 Å². The molecule has 3 amide bonds. The molecule has 2 atom stereocenters. The maximum absolute atomic E-state index is 12.2. The van der Waals surface area contributed by atoms with E-state index in [4.69, 9.17) is 9.96 Å². The zero-order valence-electron chi connectivity index (χ0n) is 12.1. The lowest BCUT2D eigenvalue weighted by molar-refractivity contribution is -0.0316. The Bertz CT molecular complexity index is 779. The first-order chi connectivity index (χ1) is 11.3. The van der Waals surface area contributed by atoms with Crippen LogP contribution in [0, 0.1) is 5.41 Å². The van der Waals surface area contributed by atoms with Gasteiger partial charge >= 0.3 is 16.4 Å². The molecule has 2 saturated heterocycles. The van der Waals surface area contributed by atoms with Crippen molar-refractivity contribution in [2.24, 2.45) is 0 Å². The Balaban J connectivity index is 1.69. The number of carbonyl (C=O) groups excluding carboxylic acids is 2. The minimum atomic E-state index is -4.82. The van der Waals surface area contributed by atoms with E-state index in [1.54, 1.807) is 0 Å². The number of aromatic nitrogens is 1. The van der Waals surface area contributed by atoms with Crippen molar-refractivity contribution < 1.29 is 26.8 Å². The summed E-state index contributed by atoms with van der Waals surface area (Å²) in [7, 11) is -4.82. The third kappa shape index (κ3) is 3.24. The van der Waals surface area contributed by atoms with Crippen molar-refractivity contribution >= 4 is 39.5 Å². The molecule has 130 valence electrons. The molecule has 3 heterocycles. The molecular weight excluding hydrogens is 362 g/mol. The number of piperidine rings is 1. The van der Waals surface area contributed by atoms with Crippen molar-refractivity contribution in [3.8, 4) is 0 Å². The fourth-order valence-electron chi connectivity index (χ4n) is 2.73. The van der Waals surface area contributed by atoms with Crippen molar-refractivity contribution in [2.75, 3.05) is 6.54 Å². The molecule has 13 heteroatoms. The minimum absolute atomic E-state index is 0.137. The van der Waals surface area contributed by atoms with Crippen LogP contribution in [0.4, 0.5) is 4.79 Å². The number of hydroxylamine groups is 2. The van der Waals surface area contributed by atoms with E-state index < -0.39 is 34.4 Å². The maximum Gasteiger partial charge on any atom is 0.418 e. The largest absolute Gasteiger partial charge is 0.418 e. The molecule has 3 rings (SSSR count). The van der Waals surface area contributed by atoms with Crippen molar-refractivity contribution in [1.29, 1.82) is 5.41 Å². The number of nitrogens with zero attached hydrogens (tertiary/aromatic N) is 3. The molecule has 1 aromatic heterocycles. The van der Waals surface area contributed by atoms with Gasteiger partial charge in [0.25, 0.3) is 5.91 Å². The molecular formula is C11H13N5O6S2. The first-order valence-corrected chi connectivity index (χ1v) is 9.06. The van der Waals surface area contributed by atoms with Gasteiger partial charge in [-0.2, -0.15) is 13.5 Å². The predicted molar refractivity (Wildman–Crippen MR) is 80.7 cm³/mol. The van der Waals surface area contributed by atoms with Gasteiger partial charge in [0, 0.05) is 6.54 Å². The molecule has 1 aromatic rings. The van der Waals surface area contributed by atoms with Crippen molar-refractivity contribution in [2.45, 2.75) is 24.9 Å². The predicted octanol–water partition coefficient (Wildman–Crippen LogP) is -0.147. The van der Waals surface area contributed by atoms with E-state index in [9.17, 15) is 18.0 Å². The van der Waals surface area contributed by atoms with Crippen molar-refractivity contribution in [3.63, 3.8) is 0 Å². The standard InChI is InChI=1S/C11H13N5O6S2/c12-9(14-10(17)8-3-13-5-23-8)7-2-1-6-4-15(7)11(18)16(6)22-24(19,20)21/h3,5-7H,1-2,4H2,(H2,12,14,17)(H,19,20,21). The van der Waals surface area contributed by atoms with Gasteiger partial charge in [0.2, 0.25) is 0 Å². The van der Waals surface area contributed by atoms with Crippen LogP contribution in [0.5, 0.6) is 0 Å². The third-order valence-corrected chi connectivity index (χ3v) is 4.86. The number of carbonyl (C=O) groups is 2. The van der Waals surface area contributed by atoms with E-state index in [0.717, 1.165) is 11.3 Å². The Morgan fingerprint density at radius 2 is 2.25 bits per heavy atom. The Hall–Kier alpha value is -2.09. The van der Waals surface area contributed by atoms with E-state index in [1.165, 1.54) is 16.6 Å². The molecule has 0 saturated carbocycles. The summed E-state index contributed by atoms with van der Waals surface area (Å²) >= 11 is 1.12. The number of fused-ring (bicyclic) bond motifs is 2. The zero-order chi connectivity index (χ0) is 17.5. The summed E-state index contributed by atoms with van der Waals surface area (Å²) in [5.41, 5.74) is 1.48. The van der Waals surface area contributed by atoms with E-state index in [0.29, 0.717) is 22.8 Å². The molecule has 2 unspecified atom stereocenters. The topological polar surface area (TPSA) is 153 Å². The van der Waals surface area contributed by atoms with E-state index in [-0.39, 0.29) is 12.4 Å². The second kappa shape index (κ2) is 6.08. The first kappa shape index (κ1) is 16.8. The van der Waals surface area contributed by atoms with Gasteiger partial charge in [0.05, 0.1) is 23.8 Å². The lowest BCUT2D eigenvalue weighted by Gasteiger charge is -2.30. The fourth-order valence-corrected chi connectivity index (χ4v) is 3.63. The number of amidine groups is 1. The highest BCUT2D eigenvalue weighted by Crippen LogP contribution is 2.30. The summed E-state index contributed by atoms with van der Waals surface area (Å²) in [5, 5.41) is 11.0. The van der Waals surface area contributed by atoms with Crippen LogP contribution in [-0.2, 0) is 14.7 Å². The van der Waals surface area contributed by atoms with Crippen molar-refractivity contribution in [3.05, 3.63) is 16.6 Å². The SMILES string of the molecule is N=C(NC(=O)c1cncs1)C1CCC2CN1C(=O)N2OS(=O)(=O)O. The third-order valence-electron chi connectivity index (χ3n) is 3.73. The summed E-state index contributed by atoms with van der Waals surface area (Å²) in [6.45, 7) is 0.137. The average Bonchev–Trinajstić information content (AvgIpc) is 3.11. The number of amides is 3. The van der Waals surface area contributed by atoms with Crippen LogP contribution in [-0.4, -0.2) is 64.3 Å². The molecule has 2 fully saturated rings. The van der Waals surface area contributed by atoms with Crippen LogP contribution in [0.2, 0.25) is 0 Å². The second-order valence-corrected chi connectivity index (χ2v) is 7.13. The van der Waals surface area contributed by atoms with Gasteiger partial charge in [-0.15, -0.1) is 15.6 Å². The number of hydrogen-bond donors (Lipinski definition) is 3. The Kier molecular flexibility index (Phi) is 4.25. The molecule has 24 heavy (non-hydrogen) atoms. The average molecular weight is 375 g/mol. The highest BCUT2D eigenvalue weighted by Gasteiger charge is 2.48. The molecule has 0 aliphatic carbocycles. The Morgan fingerprint density at radius 1 is 1.50 bits per heavy atom. The second-order valence-electron chi connectivity index (χ2n) is 5.24. The van der Waals surface area contributed by atoms with Crippen molar-refractivity contribution in [1.82, 2.24) is 20.3 Å². The summed E-state index contributed by atoms with van der Waals surface area (Å²) in [6, 6.07) is -2.03. The smallest absolute Gasteiger partial charge is 0.310 e. The summed E-state index contributed by atoms with van der Waals surface area (Å²) in [5.74, 6) is -0.670. The molecule has 2 bridgehead atoms. The number of thiazole rings is 1. The van der Waals surface area contributed by atoms with Gasteiger partial charge in [-0.3, -0.25) is 19.7 Å². The van der Waals surface area contributed by atoms with Crippen LogP contribution in [0.15, 0.2) is 11.7 Å². The molecule has 11 nitrogen and oxygen atoms in total. The van der Waals surface area contributed by atoms with Crippen LogP contribution in [0.1, 0.15) is 22.5 Å². The van der Waals surface area contributed by atoms with Gasteiger partial charge in [-0.1, -0.05) is 0 Å². The molecule has 0 radical (unpaired) electrons. The van der Waals surface area contributed by atoms with Gasteiger partial charge in [0.1, 0.15) is 10.7 Å². The zero-order valence-corrected chi connectivity index (χ0v) is 13.7.